The molecular weight excluding hydrogens is 229 g/mol. The molecule has 0 radical (unpaired) electrons. The van der Waals surface area contributed by atoms with Gasteiger partial charge in [-0.25, -0.2) is 4.39 Å². The van der Waals surface area contributed by atoms with Crippen LogP contribution < -0.4 is 11.3 Å². The first-order valence-electron chi connectivity index (χ1n) is 6.83. The van der Waals surface area contributed by atoms with Crippen molar-refractivity contribution in [3.63, 3.8) is 0 Å². The molecule has 3 N–H and O–H groups in total. The summed E-state index contributed by atoms with van der Waals surface area (Å²) >= 11 is 0. The number of hydrazine groups is 1. The first-order valence-corrected chi connectivity index (χ1v) is 6.83. The molecule has 0 amide bonds. The van der Waals surface area contributed by atoms with E-state index in [0.29, 0.717) is 17.4 Å². The third-order valence-electron chi connectivity index (χ3n) is 4.24. The first kappa shape index (κ1) is 13.4. The standard InChI is InChI=1S/C14H22FN3/c1-2-10-5-3-4-6-11(10)14(18-16)12-7-8-17-9-13(12)15/h7-11,14,18H,2-6,16H2,1H3. The van der Waals surface area contributed by atoms with Gasteiger partial charge in [0, 0.05) is 11.8 Å². The fourth-order valence-electron chi connectivity index (χ4n) is 3.26. The summed E-state index contributed by atoms with van der Waals surface area (Å²) in [6.07, 6.45) is 8.88. The van der Waals surface area contributed by atoms with Gasteiger partial charge in [-0.1, -0.05) is 32.6 Å². The summed E-state index contributed by atoms with van der Waals surface area (Å²) in [7, 11) is 0. The molecule has 0 saturated heterocycles. The normalized spacial score (nSPS) is 25.9. The lowest BCUT2D eigenvalue weighted by atomic mass is 9.72. The Bertz CT molecular complexity index is 383. The van der Waals surface area contributed by atoms with Gasteiger partial charge < -0.3 is 0 Å². The van der Waals surface area contributed by atoms with Gasteiger partial charge in [0.25, 0.3) is 0 Å². The Balaban J connectivity index is 2.24. The van der Waals surface area contributed by atoms with Crippen LogP contribution in [0.5, 0.6) is 0 Å². The molecule has 1 aromatic rings. The number of hydrogen-bond acceptors (Lipinski definition) is 3. The van der Waals surface area contributed by atoms with Crippen molar-refractivity contribution >= 4 is 0 Å². The van der Waals surface area contributed by atoms with Crippen LogP contribution in [0.3, 0.4) is 0 Å². The topological polar surface area (TPSA) is 50.9 Å². The Morgan fingerprint density at radius 2 is 2.28 bits per heavy atom. The molecule has 1 heterocycles. The summed E-state index contributed by atoms with van der Waals surface area (Å²) in [6.45, 7) is 2.21. The molecule has 1 aliphatic carbocycles. The number of aromatic nitrogens is 1. The molecule has 3 nitrogen and oxygen atoms in total. The minimum Gasteiger partial charge on any atom is -0.271 e. The van der Waals surface area contributed by atoms with E-state index in [-0.39, 0.29) is 11.9 Å². The van der Waals surface area contributed by atoms with E-state index >= 15 is 0 Å². The lowest BCUT2D eigenvalue weighted by Crippen LogP contribution is -2.38. The van der Waals surface area contributed by atoms with Crippen LogP contribution in [0, 0.1) is 17.7 Å². The molecule has 4 heteroatoms. The third kappa shape index (κ3) is 2.70. The molecule has 0 aromatic carbocycles. The monoisotopic (exact) mass is 251 g/mol. The second-order valence-electron chi connectivity index (χ2n) is 5.16. The van der Waals surface area contributed by atoms with Crippen LogP contribution in [0.2, 0.25) is 0 Å². The number of rotatable bonds is 4. The summed E-state index contributed by atoms with van der Waals surface area (Å²) in [4.78, 5) is 3.80. The van der Waals surface area contributed by atoms with Crippen LogP contribution in [0.15, 0.2) is 18.5 Å². The number of pyridine rings is 1. The average Bonchev–Trinajstić information content (AvgIpc) is 2.42. The SMILES string of the molecule is CCC1CCCCC1C(NN)c1ccncc1F. The molecular formula is C14H22FN3. The van der Waals surface area contributed by atoms with Crippen LogP contribution in [-0.4, -0.2) is 4.98 Å². The van der Waals surface area contributed by atoms with Gasteiger partial charge in [-0.15, -0.1) is 0 Å². The zero-order valence-electron chi connectivity index (χ0n) is 10.9. The molecule has 18 heavy (non-hydrogen) atoms. The molecule has 1 fully saturated rings. The minimum absolute atomic E-state index is 0.0988. The molecule has 0 bridgehead atoms. The second kappa shape index (κ2) is 6.25. The van der Waals surface area contributed by atoms with Crippen LogP contribution >= 0.6 is 0 Å². The number of nitrogens with one attached hydrogen (secondary N) is 1. The van der Waals surface area contributed by atoms with E-state index in [1.165, 1.54) is 25.5 Å². The Morgan fingerprint density at radius 1 is 1.50 bits per heavy atom. The maximum Gasteiger partial charge on any atom is 0.146 e. The Kier molecular flexibility index (Phi) is 4.66. The molecule has 3 unspecified atom stereocenters. The molecule has 0 spiro atoms. The van der Waals surface area contributed by atoms with Crippen LogP contribution in [0.1, 0.15) is 50.6 Å². The predicted octanol–water partition coefficient (Wildman–Crippen LogP) is 2.94. The molecule has 100 valence electrons. The van der Waals surface area contributed by atoms with E-state index in [1.807, 2.05) is 0 Å². The maximum absolute atomic E-state index is 13.9. The molecule has 1 saturated carbocycles. The van der Waals surface area contributed by atoms with Crippen LogP contribution in [0.25, 0.3) is 0 Å². The highest BCUT2D eigenvalue weighted by Crippen LogP contribution is 2.40. The van der Waals surface area contributed by atoms with Crippen LogP contribution in [-0.2, 0) is 0 Å². The van der Waals surface area contributed by atoms with Crippen LogP contribution in [0.4, 0.5) is 4.39 Å². The van der Waals surface area contributed by atoms with E-state index in [9.17, 15) is 4.39 Å². The summed E-state index contributed by atoms with van der Waals surface area (Å²) in [6, 6.07) is 1.64. The molecule has 3 atom stereocenters. The van der Waals surface area contributed by atoms with Gasteiger partial charge in [-0.2, -0.15) is 0 Å². The smallest absolute Gasteiger partial charge is 0.146 e. The van der Waals surface area contributed by atoms with Gasteiger partial charge in [0.05, 0.1) is 12.2 Å². The number of hydrogen-bond donors (Lipinski definition) is 2. The Labute approximate surface area is 108 Å². The number of nitrogens with zero attached hydrogens (tertiary/aromatic N) is 1. The van der Waals surface area contributed by atoms with E-state index in [2.05, 4.69) is 17.3 Å². The van der Waals surface area contributed by atoms with Crippen molar-refractivity contribution in [2.24, 2.45) is 17.7 Å². The van der Waals surface area contributed by atoms with Crippen molar-refractivity contribution in [1.82, 2.24) is 10.4 Å². The fourth-order valence-corrected chi connectivity index (χ4v) is 3.26. The van der Waals surface area contributed by atoms with E-state index in [4.69, 9.17) is 5.84 Å². The molecule has 1 aromatic heterocycles. The van der Waals surface area contributed by atoms with Gasteiger partial charge in [-0.3, -0.25) is 16.3 Å². The first-order chi connectivity index (χ1) is 8.77. The van der Waals surface area contributed by atoms with E-state index < -0.39 is 0 Å². The quantitative estimate of drug-likeness (QED) is 0.639. The van der Waals surface area contributed by atoms with Gasteiger partial charge in [-0.05, 0) is 24.3 Å². The van der Waals surface area contributed by atoms with Crippen molar-refractivity contribution in [2.45, 2.75) is 45.1 Å². The third-order valence-corrected chi connectivity index (χ3v) is 4.24. The summed E-state index contributed by atoms with van der Waals surface area (Å²) in [5, 5.41) is 0. The van der Waals surface area contributed by atoms with Crippen molar-refractivity contribution in [1.29, 1.82) is 0 Å². The summed E-state index contributed by atoms with van der Waals surface area (Å²) < 4.78 is 13.9. The Morgan fingerprint density at radius 3 is 2.94 bits per heavy atom. The van der Waals surface area contributed by atoms with Gasteiger partial charge >= 0.3 is 0 Å². The van der Waals surface area contributed by atoms with E-state index in [0.717, 1.165) is 12.8 Å². The second-order valence-corrected chi connectivity index (χ2v) is 5.16. The van der Waals surface area contributed by atoms with Crippen molar-refractivity contribution < 1.29 is 4.39 Å². The van der Waals surface area contributed by atoms with Gasteiger partial charge in [0.2, 0.25) is 0 Å². The maximum atomic E-state index is 13.9. The lowest BCUT2D eigenvalue weighted by molar-refractivity contribution is 0.173. The van der Waals surface area contributed by atoms with Crippen molar-refractivity contribution in [3.8, 4) is 0 Å². The molecule has 1 aliphatic rings. The largest absolute Gasteiger partial charge is 0.271 e. The highest BCUT2D eigenvalue weighted by atomic mass is 19.1. The highest BCUT2D eigenvalue weighted by molar-refractivity contribution is 5.18. The van der Waals surface area contributed by atoms with Crippen molar-refractivity contribution in [2.75, 3.05) is 0 Å². The number of nitrogens with two attached hydrogens (primary N) is 1. The van der Waals surface area contributed by atoms with Gasteiger partial charge in [0.1, 0.15) is 5.82 Å². The average molecular weight is 251 g/mol. The number of halogens is 1. The van der Waals surface area contributed by atoms with Crippen molar-refractivity contribution in [3.05, 3.63) is 29.8 Å². The summed E-state index contributed by atoms with van der Waals surface area (Å²) in [5.41, 5.74) is 3.48. The van der Waals surface area contributed by atoms with Gasteiger partial charge in [0.15, 0.2) is 0 Å². The minimum atomic E-state index is -0.263. The zero-order chi connectivity index (χ0) is 13.0. The molecule has 2 rings (SSSR count). The predicted molar refractivity (Wildman–Crippen MR) is 70.0 cm³/mol. The Hall–Kier alpha value is -1.00. The zero-order valence-corrected chi connectivity index (χ0v) is 10.9. The highest BCUT2D eigenvalue weighted by Gasteiger charge is 2.32. The van der Waals surface area contributed by atoms with E-state index in [1.54, 1.807) is 12.3 Å². The lowest BCUT2D eigenvalue weighted by Gasteiger charge is -2.36. The fraction of sp³-hybridized carbons (Fsp3) is 0.643. The molecule has 0 aliphatic heterocycles. The summed E-state index contributed by atoms with van der Waals surface area (Å²) in [5.74, 6) is 6.48.